The van der Waals surface area contributed by atoms with E-state index in [9.17, 15) is 14.9 Å². The van der Waals surface area contributed by atoms with Gasteiger partial charge in [0.15, 0.2) is 0 Å². The maximum Gasteiger partial charge on any atom is 0.283 e. The van der Waals surface area contributed by atoms with Gasteiger partial charge >= 0.3 is 0 Å². The molecule has 112 valence electrons. The van der Waals surface area contributed by atoms with Crippen molar-refractivity contribution in [2.45, 2.75) is 31.3 Å². The smallest absolute Gasteiger partial charge is 0.283 e. The maximum absolute atomic E-state index is 12.8. The van der Waals surface area contributed by atoms with Crippen LogP contribution in [0.15, 0.2) is 18.2 Å². The van der Waals surface area contributed by atoms with E-state index in [-0.39, 0.29) is 34.3 Å². The molecule has 1 amide bonds. The molecule has 0 saturated carbocycles. The topological polar surface area (TPSA) is 75.5 Å². The van der Waals surface area contributed by atoms with Crippen LogP contribution in [0, 0.1) is 10.1 Å². The van der Waals surface area contributed by atoms with E-state index in [4.69, 9.17) is 11.6 Å². The van der Waals surface area contributed by atoms with E-state index in [0.29, 0.717) is 0 Å². The quantitative estimate of drug-likeness (QED) is 0.671. The molecule has 2 heterocycles. The molecular weight excluding hydrogens is 294 g/mol. The average molecular weight is 310 g/mol. The zero-order valence-corrected chi connectivity index (χ0v) is 12.2. The lowest BCUT2D eigenvalue weighted by molar-refractivity contribution is -0.385. The van der Waals surface area contributed by atoms with Crippen molar-refractivity contribution in [2.75, 3.05) is 13.1 Å². The van der Waals surface area contributed by atoms with Gasteiger partial charge in [-0.15, -0.1) is 0 Å². The van der Waals surface area contributed by atoms with Crippen molar-refractivity contribution < 1.29 is 9.72 Å². The summed E-state index contributed by atoms with van der Waals surface area (Å²) in [5.41, 5.74) is -0.0905. The Labute approximate surface area is 127 Å². The summed E-state index contributed by atoms with van der Waals surface area (Å²) in [5.74, 6) is -0.255. The molecule has 0 spiro atoms. The van der Waals surface area contributed by atoms with Gasteiger partial charge in [-0.1, -0.05) is 11.6 Å². The summed E-state index contributed by atoms with van der Waals surface area (Å²) in [7, 11) is 0. The van der Waals surface area contributed by atoms with Crippen LogP contribution in [0.4, 0.5) is 5.69 Å². The Hall–Kier alpha value is -1.66. The van der Waals surface area contributed by atoms with E-state index in [1.807, 2.05) is 4.90 Å². The van der Waals surface area contributed by atoms with Crippen molar-refractivity contribution >= 4 is 23.2 Å². The second kappa shape index (κ2) is 5.61. The molecule has 2 aliphatic rings. The first kappa shape index (κ1) is 14.3. The predicted octanol–water partition coefficient (Wildman–Crippen LogP) is 2.21. The van der Waals surface area contributed by atoms with Crippen molar-refractivity contribution in [1.82, 2.24) is 10.2 Å². The molecule has 2 aliphatic heterocycles. The van der Waals surface area contributed by atoms with Crippen molar-refractivity contribution in [1.29, 1.82) is 0 Å². The highest BCUT2D eigenvalue weighted by molar-refractivity contribution is 6.31. The molecule has 2 fully saturated rings. The van der Waals surface area contributed by atoms with E-state index in [0.717, 1.165) is 32.4 Å². The number of nitro benzene ring substituents is 1. The fourth-order valence-electron chi connectivity index (χ4n) is 3.29. The van der Waals surface area contributed by atoms with Gasteiger partial charge < -0.3 is 10.2 Å². The Morgan fingerprint density at radius 1 is 1.33 bits per heavy atom. The Morgan fingerprint density at radius 3 is 2.86 bits per heavy atom. The summed E-state index contributed by atoms with van der Waals surface area (Å²) >= 11 is 5.81. The fraction of sp³-hybridized carbons (Fsp3) is 0.500. The minimum atomic E-state index is -0.545. The van der Waals surface area contributed by atoms with Gasteiger partial charge in [-0.3, -0.25) is 14.9 Å². The summed E-state index contributed by atoms with van der Waals surface area (Å²) in [5, 5.41) is 14.7. The van der Waals surface area contributed by atoms with E-state index in [2.05, 4.69) is 5.32 Å². The minimum Gasteiger partial charge on any atom is -0.331 e. The number of nitrogens with zero attached hydrogens (tertiary/aromatic N) is 2. The number of amides is 1. The molecule has 6 nitrogen and oxygen atoms in total. The second-order valence-electron chi connectivity index (χ2n) is 5.51. The molecule has 21 heavy (non-hydrogen) atoms. The van der Waals surface area contributed by atoms with Crippen molar-refractivity contribution in [3.8, 4) is 0 Å². The number of fused-ring (bicyclic) bond motifs is 2. The Kier molecular flexibility index (Phi) is 3.82. The van der Waals surface area contributed by atoms with Gasteiger partial charge in [0.25, 0.3) is 11.6 Å². The summed E-state index contributed by atoms with van der Waals surface area (Å²) in [6.45, 7) is 1.64. The largest absolute Gasteiger partial charge is 0.331 e. The molecule has 2 atom stereocenters. The predicted molar refractivity (Wildman–Crippen MR) is 78.6 cm³/mol. The lowest BCUT2D eigenvalue weighted by Crippen LogP contribution is -2.42. The molecule has 1 N–H and O–H groups in total. The first-order valence-corrected chi connectivity index (χ1v) is 7.43. The molecule has 1 aromatic rings. The van der Waals surface area contributed by atoms with Crippen molar-refractivity contribution in [2.24, 2.45) is 0 Å². The van der Waals surface area contributed by atoms with Crippen molar-refractivity contribution in [3.63, 3.8) is 0 Å². The van der Waals surface area contributed by atoms with Crippen LogP contribution in [-0.2, 0) is 0 Å². The third-order valence-corrected chi connectivity index (χ3v) is 4.51. The number of nitro groups is 1. The summed E-state index contributed by atoms with van der Waals surface area (Å²) in [6, 6.07) is 4.53. The van der Waals surface area contributed by atoms with Crippen LogP contribution >= 0.6 is 11.6 Å². The Bertz CT molecular complexity index is 579. The zero-order valence-electron chi connectivity index (χ0n) is 11.4. The van der Waals surface area contributed by atoms with Crippen LogP contribution in [0.1, 0.15) is 29.6 Å². The van der Waals surface area contributed by atoms with Gasteiger partial charge in [0.2, 0.25) is 0 Å². The van der Waals surface area contributed by atoms with Gasteiger partial charge in [0.05, 0.1) is 4.92 Å². The van der Waals surface area contributed by atoms with Crippen LogP contribution in [0.3, 0.4) is 0 Å². The standard InChI is InChI=1S/C14H16ClN3O3/c15-9-1-4-12(13(7-9)18(20)21)14(19)17-10-2-3-11(17)8-16-6-5-10/h1,4,7,10-11,16H,2-3,5-6,8H2. The first-order chi connectivity index (χ1) is 10.1. The lowest BCUT2D eigenvalue weighted by Gasteiger charge is -2.27. The molecule has 0 aromatic heterocycles. The molecule has 2 unspecified atom stereocenters. The van der Waals surface area contributed by atoms with Gasteiger partial charge in [0, 0.05) is 29.7 Å². The van der Waals surface area contributed by atoms with Gasteiger partial charge in [-0.25, -0.2) is 0 Å². The van der Waals surface area contributed by atoms with Crippen LogP contribution < -0.4 is 5.32 Å². The van der Waals surface area contributed by atoms with Crippen LogP contribution in [0.25, 0.3) is 0 Å². The number of halogens is 1. The van der Waals surface area contributed by atoms with Gasteiger partial charge in [-0.2, -0.15) is 0 Å². The fourth-order valence-corrected chi connectivity index (χ4v) is 3.46. The number of benzene rings is 1. The summed E-state index contributed by atoms with van der Waals surface area (Å²) < 4.78 is 0. The Balaban J connectivity index is 1.97. The van der Waals surface area contributed by atoms with E-state index in [1.54, 1.807) is 0 Å². The van der Waals surface area contributed by atoms with Gasteiger partial charge in [-0.05, 0) is 37.9 Å². The number of carbonyl (C=O) groups excluding carboxylic acids is 1. The number of rotatable bonds is 2. The highest BCUT2D eigenvalue weighted by Gasteiger charge is 2.40. The zero-order chi connectivity index (χ0) is 15.0. The van der Waals surface area contributed by atoms with E-state index < -0.39 is 4.92 Å². The van der Waals surface area contributed by atoms with Crippen molar-refractivity contribution in [3.05, 3.63) is 38.9 Å². The van der Waals surface area contributed by atoms with E-state index in [1.165, 1.54) is 18.2 Å². The SMILES string of the molecule is O=C(c1ccc(Cl)cc1[N+](=O)[O-])N1C2CCNCC1CC2. The van der Waals surface area contributed by atoms with Crippen LogP contribution in [0.2, 0.25) is 5.02 Å². The maximum atomic E-state index is 12.8. The number of carbonyl (C=O) groups is 1. The first-order valence-electron chi connectivity index (χ1n) is 7.05. The van der Waals surface area contributed by atoms with Crippen LogP contribution in [-0.4, -0.2) is 40.9 Å². The molecule has 7 heteroatoms. The third-order valence-electron chi connectivity index (χ3n) is 4.28. The van der Waals surface area contributed by atoms with Crippen LogP contribution in [0.5, 0.6) is 0 Å². The normalized spacial score (nSPS) is 24.7. The number of hydrogen-bond donors (Lipinski definition) is 1. The van der Waals surface area contributed by atoms with E-state index >= 15 is 0 Å². The molecule has 2 saturated heterocycles. The second-order valence-corrected chi connectivity index (χ2v) is 5.95. The lowest BCUT2D eigenvalue weighted by atomic mass is 10.1. The number of hydrogen-bond acceptors (Lipinski definition) is 4. The highest BCUT2D eigenvalue weighted by Crippen LogP contribution is 2.32. The number of nitrogens with one attached hydrogen (secondary N) is 1. The molecular formula is C14H16ClN3O3. The molecule has 0 aliphatic carbocycles. The highest BCUT2D eigenvalue weighted by atomic mass is 35.5. The summed E-state index contributed by atoms with van der Waals surface area (Å²) in [6.07, 6.45) is 2.81. The average Bonchev–Trinajstić information content (AvgIpc) is 2.71. The molecule has 2 bridgehead atoms. The molecule has 0 radical (unpaired) electrons. The Morgan fingerprint density at radius 2 is 2.10 bits per heavy atom. The minimum absolute atomic E-state index is 0.125. The third kappa shape index (κ3) is 2.61. The molecule has 1 aromatic carbocycles. The van der Waals surface area contributed by atoms with Gasteiger partial charge in [0.1, 0.15) is 5.56 Å². The summed E-state index contributed by atoms with van der Waals surface area (Å²) in [4.78, 5) is 25.3. The molecule has 3 rings (SSSR count). The monoisotopic (exact) mass is 309 g/mol.